The number of hydrogen-bond donors (Lipinski definition) is 2. The Morgan fingerprint density at radius 2 is 2.13 bits per heavy atom. The van der Waals surface area contributed by atoms with Crippen molar-refractivity contribution in [2.45, 2.75) is 39.2 Å². The van der Waals surface area contributed by atoms with Gasteiger partial charge in [0.25, 0.3) is 0 Å². The molecular weight excluding hydrogens is 316 g/mol. The van der Waals surface area contributed by atoms with Crippen LogP contribution in [0, 0.1) is 5.92 Å². The molecule has 1 aliphatic rings. The maximum Gasteiger partial charge on any atom is 0.410 e. The Hall–Kier alpha value is -1.69. The Morgan fingerprint density at radius 1 is 1.48 bits per heavy atom. The number of nitrogens with zero attached hydrogens (tertiary/aromatic N) is 2. The van der Waals surface area contributed by atoms with Crippen molar-refractivity contribution < 1.29 is 9.53 Å². The standard InChI is InChI=1S/C16H25ClN4O2/c1-16(2,3)23-15(22)21-6-4-11(5-7-21)9-19-13-8-14(17)20-10-12(13)18/h8,10-11H,4-7,9,18H2,1-3H3,(H,19,20). The zero-order valence-electron chi connectivity index (χ0n) is 13.9. The molecule has 0 radical (unpaired) electrons. The van der Waals surface area contributed by atoms with Crippen LogP contribution < -0.4 is 11.1 Å². The summed E-state index contributed by atoms with van der Waals surface area (Å²) in [5.74, 6) is 0.486. The second kappa shape index (κ2) is 7.25. The predicted molar refractivity (Wildman–Crippen MR) is 92.7 cm³/mol. The van der Waals surface area contributed by atoms with Gasteiger partial charge in [0.15, 0.2) is 0 Å². The summed E-state index contributed by atoms with van der Waals surface area (Å²) >= 11 is 5.88. The SMILES string of the molecule is CC(C)(C)OC(=O)N1CCC(CNc2cc(Cl)ncc2N)CC1. The highest BCUT2D eigenvalue weighted by Crippen LogP contribution is 2.24. The third-order valence-corrected chi connectivity index (χ3v) is 3.96. The Kier molecular flexibility index (Phi) is 5.57. The van der Waals surface area contributed by atoms with Gasteiger partial charge in [0.1, 0.15) is 10.8 Å². The molecule has 1 aliphatic heterocycles. The number of halogens is 1. The zero-order chi connectivity index (χ0) is 17.0. The van der Waals surface area contributed by atoms with Gasteiger partial charge in [-0.1, -0.05) is 11.6 Å². The lowest BCUT2D eigenvalue weighted by Crippen LogP contribution is -2.42. The third-order valence-electron chi connectivity index (χ3n) is 3.75. The summed E-state index contributed by atoms with van der Waals surface area (Å²) in [5.41, 5.74) is 6.81. The highest BCUT2D eigenvalue weighted by atomic mass is 35.5. The first kappa shape index (κ1) is 17.7. The second-order valence-corrected chi connectivity index (χ2v) is 7.27. The van der Waals surface area contributed by atoms with Gasteiger partial charge in [0.2, 0.25) is 0 Å². The molecule has 128 valence electrons. The van der Waals surface area contributed by atoms with Crippen molar-refractivity contribution in [2.75, 3.05) is 30.7 Å². The lowest BCUT2D eigenvalue weighted by Gasteiger charge is -2.33. The van der Waals surface area contributed by atoms with Crippen LogP contribution in [-0.2, 0) is 4.74 Å². The summed E-state index contributed by atoms with van der Waals surface area (Å²) in [6.45, 7) is 7.87. The number of nitrogens with one attached hydrogen (secondary N) is 1. The first-order valence-corrected chi connectivity index (χ1v) is 8.25. The average Bonchev–Trinajstić information content (AvgIpc) is 2.47. The number of aromatic nitrogens is 1. The Labute approximate surface area is 142 Å². The normalized spacial score (nSPS) is 16.3. The van der Waals surface area contributed by atoms with E-state index in [1.165, 1.54) is 0 Å². The molecule has 0 saturated carbocycles. The minimum absolute atomic E-state index is 0.228. The number of likely N-dealkylation sites (tertiary alicyclic amines) is 1. The summed E-state index contributed by atoms with van der Waals surface area (Å²) in [7, 11) is 0. The number of ether oxygens (including phenoxy) is 1. The predicted octanol–water partition coefficient (Wildman–Crippen LogP) is 3.38. The number of carbonyl (C=O) groups is 1. The number of pyridine rings is 1. The van der Waals surface area contributed by atoms with E-state index in [1.807, 2.05) is 20.8 Å². The number of nitrogens with two attached hydrogens (primary N) is 1. The van der Waals surface area contributed by atoms with Crippen LogP contribution in [0.1, 0.15) is 33.6 Å². The van der Waals surface area contributed by atoms with E-state index in [-0.39, 0.29) is 6.09 Å². The molecule has 1 aromatic rings. The summed E-state index contributed by atoms with van der Waals surface area (Å²) in [6.07, 6.45) is 3.19. The lowest BCUT2D eigenvalue weighted by molar-refractivity contribution is 0.0188. The van der Waals surface area contributed by atoms with Crippen molar-refractivity contribution in [1.29, 1.82) is 0 Å². The molecule has 0 unspecified atom stereocenters. The summed E-state index contributed by atoms with van der Waals surface area (Å²) in [6, 6.07) is 1.73. The molecule has 1 aromatic heterocycles. The van der Waals surface area contributed by atoms with Gasteiger partial charge in [-0.15, -0.1) is 0 Å². The average molecular weight is 341 g/mol. The maximum absolute atomic E-state index is 12.0. The number of carbonyl (C=O) groups excluding carboxylic acids is 1. The first-order valence-electron chi connectivity index (χ1n) is 7.87. The van der Waals surface area contributed by atoms with Crippen molar-refractivity contribution >= 4 is 29.1 Å². The van der Waals surface area contributed by atoms with Gasteiger partial charge in [0.05, 0.1) is 17.6 Å². The van der Waals surface area contributed by atoms with E-state index in [1.54, 1.807) is 17.2 Å². The van der Waals surface area contributed by atoms with Crippen molar-refractivity contribution in [3.63, 3.8) is 0 Å². The van der Waals surface area contributed by atoms with Gasteiger partial charge >= 0.3 is 6.09 Å². The number of nitrogen functional groups attached to an aromatic ring is 1. The fraction of sp³-hybridized carbons (Fsp3) is 0.625. The molecule has 0 aromatic carbocycles. The number of anilines is 2. The number of piperidine rings is 1. The van der Waals surface area contributed by atoms with E-state index in [4.69, 9.17) is 22.1 Å². The molecule has 2 heterocycles. The van der Waals surface area contributed by atoms with E-state index in [9.17, 15) is 4.79 Å². The fourth-order valence-electron chi connectivity index (χ4n) is 2.49. The largest absolute Gasteiger partial charge is 0.444 e. The van der Waals surface area contributed by atoms with Crippen LogP contribution in [0.5, 0.6) is 0 Å². The summed E-state index contributed by atoms with van der Waals surface area (Å²) < 4.78 is 5.40. The quantitative estimate of drug-likeness (QED) is 0.824. The van der Waals surface area contributed by atoms with Crippen LogP contribution in [0.3, 0.4) is 0 Å². The van der Waals surface area contributed by atoms with E-state index in [0.717, 1.165) is 25.1 Å². The summed E-state index contributed by atoms with van der Waals surface area (Å²) in [4.78, 5) is 17.7. The molecule has 1 amide bonds. The first-order chi connectivity index (χ1) is 10.7. The molecular formula is C16H25ClN4O2. The lowest BCUT2D eigenvalue weighted by atomic mass is 9.97. The minimum atomic E-state index is -0.451. The molecule has 3 N–H and O–H groups in total. The minimum Gasteiger partial charge on any atom is -0.444 e. The molecule has 0 aliphatic carbocycles. The van der Waals surface area contributed by atoms with E-state index in [0.29, 0.717) is 29.8 Å². The smallest absolute Gasteiger partial charge is 0.410 e. The van der Waals surface area contributed by atoms with Crippen LogP contribution in [-0.4, -0.2) is 41.2 Å². The highest BCUT2D eigenvalue weighted by molar-refractivity contribution is 6.29. The van der Waals surface area contributed by atoms with Gasteiger partial charge in [-0.05, 0) is 39.5 Å². The molecule has 23 heavy (non-hydrogen) atoms. The molecule has 0 bridgehead atoms. The maximum atomic E-state index is 12.0. The van der Waals surface area contributed by atoms with E-state index in [2.05, 4.69) is 10.3 Å². The van der Waals surface area contributed by atoms with E-state index >= 15 is 0 Å². The van der Waals surface area contributed by atoms with Crippen LogP contribution in [0.2, 0.25) is 5.15 Å². The Bertz CT molecular complexity index is 552. The number of amides is 1. The van der Waals surface area contributed by atoms with Crippen LogP contribution in [0.4, 0.5) is 16.2 Å². The molecule has 0 spiro atoms. The molecule has 1 fully saturated rings. The number of hydrogen-bond acceptors (Lipinski definition) is 5. The van der Waals surface area contributed by atoms with Gasteiger partial charge in [0, 0.05) is 25.7 Å². The van der Waals surface area contributed by atoms with Gasteiger partial charge in [-0.25, -0.2) is 9.78 Å². The van der Waals surface area contributed by atoms with Crippen LogP contribution >= 0.6 is 11.6 Å². The van der Waals surface area contributed by atoms with Crippen LogP contribution in [0.15, 0.2) is 12.3 Å². The number of rotatable bonds is 3. The van der Waals surface area contributed by atoms with Crippen molar-refractivity contribution in [1.82, 2.24) is 9.88 Å². The fourth-order valence-corrected chi connectivity index (χ4v) is 2.65. The van der Waals surface area contributed by atoms with Gasteiger partial charge in [-0.3, -0.25) is 0 Å². The third kappa shape index (κ3) is 5.46. The van der Waals surface area contributed by atoms with Crippen molar-refractivity contribution in [3.05, 3.63) is 17.4 Å². The highest BCUT2D eigenvalue weighted by Gasteiger charge is 2.26. The van der Waals surface area contributed by atoms with Gasteiger partial charge in [-0.2, -0.15) is 0 Å². The summed E-state index contributed by atoms with van der Waals surface area (Å²) in [5, 5.41) is 3.74. The molecule has 1 saturated heterocycles. The van der Waals surface area contributed by atoms with Crippen molar-refractivity contribution in [3.8, 4) is 0 Å². The zero-order valence-corrected chi connectivity index (χ0v) is 14.7. The monoisotopic (exact) mass is 340 g/mol. The van der Waals surface area contributed by atoms with Gasteiger partial charge < -0.3 is 20.7 Å². The van der Waals surface area contributed by atoms with Crippen molar-refractivity contribution in [2.24, 2.45) is 5.92 Å². The molecule has 2 rings (SSSR count). The second-order valence-electron chi connectivity index (χ2n) is 6.89. The Balaban J connectivity index is 1.79. The van der Waals surface area contributed by atoms with E-state index < -0.39 is 5.60 Å². The molecule has 0 atom stereocenters. The van der Waals surface area contributed by atoms with Crippen LogP contribution in [0.25, 0.3) is 0 Å². The topological polar surface area (TPSA) is 80.5 Å². The Morgan fingerprint density at radius 3 is 2.74 bits per heavy atom. The molecule has 7 heteroatoms. The molecule has 6 nitrogen and oxygen atoms in total.